The smallest absolute Gasteiger partial charge is 0.238 e. The average Bonchev–Trinajstić information content (AvgIpc) is 2.40. The third kappa shape index (κ3) is 4.55. The Morgan fingerprint density at radius 1 is 1.26 bits per heavy atom. The molecule has 1 aromatic rings. The van der Waals surface area contributed by atoms with Crippen molar-refractivity contribution in [2.75, 3.05) is 36.5 Å². The quantitative estimate of drug-likeness (QED) is 0.919. The maximum absolute atomic E-state index is 11.9. The van der Waals surface area contributed by atoms with E-state index >= 15 is 0 Å². The van der Waals surface area contributed by atoms with Crippen LogP contribution in [0.15, 0.2) is 24.3 Å². The summed E-state index contributed by atoms with van der Waals surface area (Å²) >= 11 is 1.96. The van der Waals surface area contributed by atoms with Gasteiger partial charge in [-0.1, -0.05) is 26.0 Å². The topological polar surface area (TPSA) is 32.3 Å². The molecule has 0 spiro atoms. The molecule has 1 aliphatic heterocycles. The summed E-state index contributed by atoms with van der Waals surface area (Å²) < 4.78 is 0. The first-order chi connectivity index (χ1) is 9.15. The standard InChI is InChI=1S/C15H22N2OS/c1-12(2)13-3-5-14(6-4-13)16-15(18)11-17-7-9-19-10-8-17/h3-6,12H,7-11H2,1-2H3,(H,16,18). The van der Waals surface area contributed by atoms with E-state index in [9.17, 15) is 4.79 Å². The van der Waals surface area contributed by atoms with Gasteiger partial charge in [-0.2, -0.15) is 11.8 Å². The highest BCUT2D eigenvalue weighted by atomic mass is 32.2. The number of amides is 1. The van der Waals surface area contributed by atoms with Gasteiger partial charge >= 0.3 is 0 Å². The Labute approximate surface area is 119 Å². The van der Waals surface area contributed by atoms with Gasteiger partial charge in [0.1, 0.15) is 0 Å². The molecule has 1 saturated heterocycles. The number of anilines is 1. The summed E-state index contributed by atoms with van der Waals surface area (Å²) in [5.74, 6) is 2.88. The first kappa shape index (κ1) is 14.4. The van der Waals surface area contributed by atoms with E-state index in [2.05, 4.69) is 36.2 Å². The van der Waals surface area contributed by atoms with Crippen molar-refractivity contribution in [1.29, 1.82) is 0 Å². The Balaban J connectivity index is 1.84. The van der Waals surface area contributed by atoms with Crippen molar-refractivity contribution < 1.29 is 4.79 Å². The Hall–Kier alpha value is -1.00. The third-order valence-electron chi connectivity index (χ3n) is 3.33. The first-order valence-corrected chi connectivity index (χ1v) is 8.00. The molecule has 19 heavy (non-hydrogen) atoms. The summed E-state index contributed by atoms with van der Waals surface area (Å²) in [5.41, 5.74) is 2.19. The number of benzene rings is 1. The molecule has 1 aliphatic rings. The molecule has 0 saturated carbocycles. The largest absolute Gasteiger partial charge is 0.325 e. The molecule has 1 aromatic carbocycles. The molecule has 4 heteroatoms. The number of carbonyl (C=O) groups excluding carboxylic acids is 1. The molecule has 0 aromatic heterocycles. The van der Waals surface area contributed by atoms with E-state index in [0.717, 1.165) is 30.3 Å². The van der Waals surface area contributed by atoms with E-state index < -0.39 is 0 Å². The molecule has 104 valence electrons. The van der Waals surface area contributed by atoms with Gasteiger partial charge in [0, 0.05) is 30.3 Å². The highest BCUT2D eigenvalue weighted by Crippen LogP contribution is 2.17. The zero-order valence-corrected chi connectivity index (χ0v) is 12.5. The third-order valence-corrected chi connectivity index (χ3v) is 4.27. The van der Waals surface area contributed by atoms with Crippen LogP contribution in [0.5, 0.6) is 0 Å². The molecule has 1 fully saturated rings. The van der Waals surface area contributed by atoms with Gasteiger partial charge in [-0.15, -0.1) is 0 Å². The summed E-state index contributed by atoms with van der Waals surface area (Å²) in [4.78, 5) is 14.2. The highest BCUT2D eigenvalue weighted by molar-refractivity contribution is 7.99. The van der Waals surface area contributed by atoms with Gasteiger partial charge < -0.3 is 5.32 Å². The van der Waals surface area contributed by atoms with Gasteiger partial charge in [0.05, 0.1) is 6.54 Å². The van der Waals surface area contributed by atoms with Gasteiger partial charge in [0.25, 0.3) is 0 Å². The summed E-state index contributed by atoms with van der Waals surface area (Å²) in [6, 6.07) is 8.13. The lowest BCUT2D eigenvalue weighted by Gasteiger charge is -2.25. The van der Waals surface area contributed by atoms with Crippen molar-refractivity contribution in [2.24, 2.45) is 0 Å². The van der Waals surface area contributed by atoms with Crippen LogP contribution >= 0.6 is 11.8 Å². The van der Waals surface area contributed by atoms with Gasteiger partial charge in [0.15, 0.2) is 0 Å². The summed E-state index contributed by atoms with van der Waals surface area (Å²) in [5, 5.41) is 2.97. The van der Waals surface area contributed by atoms with E-state index in [-0.39, 0.29) is 5.91 Å². The van der Waals surface area contributed by atoms with Gasteiger partial charge in [-0.25, -0.2) is 0 Å². The fourth-order valence-corrected chi connectivity index (χ4v) is 3.09. The van der Waals surface area contributed by atoms with Crippen molar-refractivity contribution in [1.82, 2.24) is 4.90 Å². The molecule has 0 aliphatic carbocycles. The predicted octanol–water partition coefficient (Wildman–Crippen LogP) is 2.80. The van der Waals surface area contributed by atoms with E-state index in [0.29, 0.717) is 12.5 Å². The maximum Gasteiger partial charge on any atom is 0.238 e. The van der Waals surface area contributed by atoms with Crippen LogP contribution in [0.3, 0.4) is 0 Å². The van der Waals surface area contributed by atoms with Gasteiger partial charge in [0.2, 0.25) is 5.91 Å². The SMILES string of the molecule is CC(C)c1ccc(NC(=O)CN2CCSCC2)cc1. The molecule has 1 amide bonds. The second kappa shape index (κ2) is 6.96. The Bertz CT molecular complexity index is 411. The van der Waals surface area contributed by atoms with Crippen LogP contribution in [0.2, 0.25) is 0 Å². The second-order valence-electron chi connectivity index (χ2n) is 5.21. The molecule has 0 unspecified atom stereocenters. The fraction of sp³-hybridized carbons (Fsp3) is 0.533. The lowest BCUT2D eigenvalue weighted by Crippen LogP contribution is -2.38. The number of nitrogens with zero attached hydrogens (tertiary/aromatic N) is 1. The van der Waals surface area contributed by atoms with Gasteiger partial charge in [-0.3, -0.25) is 9.69 Å². The summed E-state index contributed by atoms with van der Waals surface area (Å²) in [7, 11) is 0. The molecule has 1 N–H and O–H groups in total. The Morgan fingerprint density at radius 2 is 1.89 bits per heavy atom. The van der Waals surface area contributed by atoms with Crippen LogP contribution < -0.4 is 5.32 Å². The monoisotopic (exact) mass is 278 g/mol. The van der Waals surface area contributed by atoms with Gasteiger partial charge in [-0.05, 0) is 23.6 Å². The lowest BCUT2D eigenvalue weighted by atomic mass is 10.0. The van der Waals surface area contributed by atoms with E-state index in [1.165, 1.54) is 5.56 Å². The number of hydrogen-bond acceptors (Lipinski definition) is 3. The number of thioether (sulfide) groups is 1. The van der Waals surface area contributed by atoms with E-state index in [1.807, 2.05) is 23.9 Å². The average molecular weight is 278 g/mol. The van der Waals surface area contributed by atoms with Crippen LogP contribution in [-0.2, 0) is 4.79 Å². The van der Waals surface area contributed by atoms with Crippen LogP contribution in [0.1, 0.15) is 25.3 Å². The minimum Gasteiger partial charge on any atom is -0.325 e. The molecule has 0 radical (unpaired) electrons. The molecule has 0 bridgehead atoms. The van der Waals surface area contributed by atoms with Crippen LogP contribution in [0, 0.1) is 0 Å². The van der Waals surface area contributed by atoms with Crippen LogP contribution in [0.4, 0.5) is 5.69 Å². The minimum absolute atomic E-state index is 0.0872. The molecule has 1 heterocycles. The number of nitrogens with one attached hydrogen (secondary N) is 1. The first-order valence-electron chi connectivity index (χ1n) is 6.85. The van der Waals surface area contributed by atoms with Crippen molar-refractivity contribution in [3.05, 3.63) is 29.8 Å². The molecule has 2 rings (SSSR count). The van der Waals surface area contributed by atoms with E-state index in [4.69, 9.17) is 0 Å². The fourth-order valence-electron chi connectivity index (χ4n) is 2.11. The number of hydrogen-bond donors (Lipinski definition) is 1. The van der Waals surface area contributed by atoms with Crippen molar-refractivity contribution in [2.45, 2.75) is 19.8 Å². The van der Waals surface area contributed by atoms with Crippen LogP contribution in [0.25, 0.3) is 0 Å². The highest BCUT2D eigenvalue weighted by Gasteiger charge is 2.14. The summed E-state index contributed by atoms with van der Waals surface area (Å²) in [6.07, 6.45) is 0. The molecular formula is C15H22N2OS. The Kier molecular flexibility index (Phi) is 5.28. The van der Waals surface area contributed by atoms with Crippen molar-refractivity contribution in [3.8, 4) is 0 Å². The number of carbonyl (C=O) groups is 1. The molecule has 3 nitrogen and oxygen atoms in total. The number of rotatable bonds is 4. The van der Waals surface area contributed by atoms with Crippen molar-refractivity contribution in [3.63, 3.8) is 0 Å². The predicted molar refractivity (Wildman–Crippen MR) is 82.9 cm³/mol. The summed E-state index contributed by atoms with van der Waals surface area (Å²) in [6.45, 7) is 6.88. The van der Waals surface area contributed by atoms with Crippen LogP contribution in [-0.4, -0.2) is 41.9 Å². The zero-order chi connectivity index (χ0) is 13.7. The molecular weight excluding hydrogens is 256 g/mol. The normalized spacial score (nSPS) is 16.6. The zero-order valence-electron chi connectivity index (χ0n) is 11.7. The van der Waals surface area contributed by atoms with E-state index in [1.54, 1.807) is 0 Å². The molecule has 0 atom stereocenters. The second-order valence-corrected chi connectivity index (χ2v) is 6.44. The van der Waals surface area contributed by atoms with Crippen molar-refractivity contribution >= 4 is 23.4 Å². The minimum atomic E-state index is 0.0872. The Morgan fingerprint density at radius 3 is 2.47 bits per heavy atom. The maximum atomic E-state index is 11.9. The lowest BCUT2D eigenvalue weighted by molar-refractivity contribution is -0.117.